The minimum atomic E-state index is -0.400. The van der Waals surface area contributed by atoms with Crippen LogP contribution in [0.5, 0.6) is 0 Å². The molecule has 0 saturated heterocycles. The monoisotopic (exact) mass is 566 g/mol. The zero-order chi connectivity index (χ0) is 29.3. The minimum absolute atomic E-state index is 0.400. The number of benzene rings is 8. The summed E-state index contributed by atoms with van der Waals surface area (Å²) in [5.41, 5.74) is 18.5. The highest BCUT2D eigenvalue weighted by atomic mass is 14.5. The van der Waals surface area contributed by atoms with E-state index >= 15 is 0 Å². The molecule has 1 unspecified atom stereocenters. The molecule has 11 rings (SSSR count). The summed E-state index contributed by atoms with van der Waals surface area (Å²) in [7, 11) is 0. The minimum Gasteiger partial charge on any atom is -0.0619 e. The molecule has 0 bridgehead atoms. The lowest BCUT2D eigenvalue weighted by molar-refractivity contribution is 0.795. The molecule has 0 fully saturated rings. The van der Waals surface area contributed by atoms with E-state index in [9.17, 15) is 0 Å². The molecule has 1 atom stereocenters. The maximum atomic E-state index is 2.56. The highest BCUT2D eigenvalue weighted by Crippen LogP contribution is 2.65. The van der Waals surface area contributed by atoms with Crippen LogP contribution in [0, 0.1) is 0 Å². The van der Waals surface area contributed by atoms with Crippen LogP contribution in [0.4, 0.5) is 0 Å². The fourth-order valence-electron chi connectivity index (χ4n) is 9.04. The van der Waals surface area contributed by atoms with Crippen molar-refractivity contribution in [3.05, 3.63) is 180 Å². The molecule has 8 aromatic rings. The number of rotatable bonds is 1. The van der Waals surface area contributed by atoms with E-state index in [4.69, 9.17) is 0 Å². The van der Waals surface area contributed by atoms with Crippen LogP contribution in [-0.4, -0.2) is 0 Å². The molecule has 8 aromatic carbocycles. The van der Waals surface area contributed by atoms with E-state index in [1.165, 1.54) is 99.4 Å². The normalized spacial score (nSPS) is 16.1. The predicted octanol–water partition coefficient (Wildman–Crippen LogP) is 11.7. The Morgan fingerprint density at radius 2 is 0.911 bits per heavy atom. The van der Waals surface area contributed by atoms with Gasteiger partial charge in [-0.15, -0.1) is 0 Å². The van der Waals surface area contributed by atoms with Gasteiger partial charge < -0.3 is 0 Å². The summed E-state index contributed by atoms with van der Waals surface area (Å²) in [6.45, 7) is 0. The molecule has 45 heavy (non-hydrogen) atoms. The van der Waals surface area contributed by atoms with Crippen molar-refractivity contribution in [3.8, 4) is 55.6 Å². The highest BCUT2D eigenvalue weighted by molar-refractivity contribution is 6.21. The molecule has 0 nitrogen and oxygen atoms in total. The van der Waals surface area contributed by atoms with Crippen LogP contribution in [-0.2, 0) is 5.41 Å². The van der Waals surface area contributed by atoms with E-state index in [2.05, 4.69) is 158 Å². The summed E-state index contributed by atoms with van der Waals surface area (Å²) in [5.74, 6) is 0. The van der Waals surface area contributed by atoms with Gasteiger partial charge in [0, 0.05) is 0 Å². The van der Waals surface area contributed by atoms with E-state index in [1.54, 1.807) is 0 Å². The molecule has 0 amide bonds. The summed E-state index contributed by atoms with van der Waals surface area (Å²) in [5, 5.41) is 5.29. The molecular formula is C45H26. The van der Waals surface area contributed by atoms with Crippen molar-refractivity contribution in [3.63, 3.8) is 0 Å². The van der Waals surface area contributed by atoms with Gasteiger partial charge in [-0.2, -0.15) is 0 Å². The summed E-state index contributed by atoms with van der Waals surface area (Å²) < 4.78 is 0. The quantitative estimate of drug-likeness (QED) is 0.185. The Morgan fingerprint density at radius 1 is 0.311 bits per heavy atom. The van der Waals surface area contributed by atoms with Gasteiger partial charge in [-0.05, 0) is 118 Å². The van der Waals surface area contributed by atoms with Gasteiger partial charge in [0.1, 0.15) is 0 Å². The average Bonchev–Trinajstić information content (AvgIpc) is 3.71. The largest absolute Gasteiger partial charge is 0.0726 e. The van der Waals surface area contributed by atoms with Gasteiger partial charge in [-0.25, -0.2) is 0 Å². The maximum absolute atomic E-state index is 2.56. The van der Waals surface area contributed by atoms with Crippen LogP contribution in [0.3, 0.4) is 0 Å². The molecule has 0 N–H and O–H groups in total. The van der Waals surface area contributed by atoms with Crippen LogP contribution in [0.2, 0.25) is 0 Å². The van der Waals surface area contributed by atoms with Crippen LogP contribution >= 0.6 is 0 Å². The molecule has 0 aliphatic heterocycles. The summed E-state index contributed by atoms with van der Waals surface area (Å²) in [6, 6.07) is 59.5. The van der Waals surface area contributed by atoms with E-state index < -0.39 is 5.41 Å². The van der Waals surface area contributed by atoms with E-state index in [1.807, 2.05) is 0 Å². The smallest absolute Gasteiger partial charge is 0.0619 e. The SMILES string of the molecule is c1ccc2c(c1)-c1cccc3c4c(cc-2c13)C1(c2ccccc2-c2ccc(-c3ccc5ccccc5c3)cc21)c1ccccc1-4. The summed E-state index contributed by atoms with van der Waals surface area (Å²) >= 11 is 0. The van der Waals surface area contributed by atoms with Crippen LogP contribution in [0.1, 0.15) is 22.3 Å². The van der Waals surface area contributed by atoms with Gasteiger partial charge >= 0.3 is 0 Å². The van der Waals surface area contributed by atoms with E-state index in [0.717, 1.165) is 0 Å². The van der Waals surface area contributed by atoms with Crippen molar-refractivity contribution in [2.75, 3.05) is 0 Å². The third kappa shape index (κ3) is 2.79. The lowest BCUT2D eigenvalue weighted by Gasteiger charge is -2.31. The molecule has 206 valence electrons. The highest BCUT2D eigenvalue weighted by Gasteiger charge is 2.52. The third-order valence-electron chi connectivity index (χ3n) is 10.8. The second-order valence-corrected chi connectivity index (χ2v) is 12.8. The fourth-order valence-corrected chi connectivity index (χ4v) is 9.04. The van der Waals surface area contributed by atoms with Crippen molar-refractivity contribution in [2.24, 2.45) is 0 Å². The topological polar surface area (TPSA) is 0 Å². The van der Waals surface area contributed by atoms with Crippen LogP contribution in [0.15, 0.2) is 158 Å². The van der Waals surface area contributed by atoms with Crippen molar-refractivity contribution in [2.45, 2.75) is 5.41 Å². The van der Waals surface area contributed by atoms with E-state index in [-0.39, 0.29) is 0 Å². The number of hydrogen-bond acceptors (Lipinski definition) is 0. The van der Waals surface area contributed by atoms with Gasteiger partial charge in [0.15, 0.2) is 0 Å². The Kier molecular flexibility index (Phi) is 4.35. The summed E-state index contributed by atoms with van der Waals surface area (Å²) in [4.78, 5) is 0. The van der Waals surface area contributed by atoms with Crippen molar-refractivity contribution in [1.29, 1.82) is 0 Å². The second kappa shape index (κ2) is 8.25. The molecule has 0 saturated carbocycles. The molecule has 0 heteroatoms. The zero-order valence-corrected chi connectivity index (χ0v) is 24.5. The number of fused-ring (bicyclic) bond motifs is 15. The maximum Gasteiger partial charge on any atom is 0.0726 e. The number of hydrogen-bond donors (Lipinski definition) is 0. The Hall–Kier alpha value is -5.72. The molecule has 1 spiro atoms. The molecule has 0 radical (unpaired) electrons. The Labute approximate surface area is 261 Å². The first-order chi connectivity index (χ1) is 22.3. The predicted molar refractivity (Wildman–Crippen MR) is 188 cm³/mol. The van der Waals surface area contributed by atoms with E-state index in [0.29, 0.717) is 0 Å². The molecule has 0 heterocycles. The van der Waals surface area contributed by atoms with Gasteiger partial charge in [-0.3, -0.25) is 0 Å². The van der Waals surface area contributed by atoms with Crippen LogP contribution < -0.4 is 0 Å². The molecular weight excluding hydrogens is 540 g/mol. The van der Waals surface area contributed by atoms with Crippen molar-refractivity contribution < 1.29 is 0 Å². The molecule has 3 aliphatic carbocycles. The summed E-state index contributed by atoms with van der Waals surface area (Å²) in [6.07, 6.45) is 0. The Morgan fingerprint density at radius 3 is 1.76 bits per heavy atom. The average molecular weight is 567 g/mol. The first-order valence-corrected chi connectivity index (χ1v) is 15.9. The fraction of sp³-hybridized carbons (Fsp3) is 0.0222. The molecule has 3 aliphatic rings. The lowest BCUT2D eigenvalue weighted by Crippen LogP contribution is -2.26. The second-order valence-electron chi connectivity index (χ2n) is 12.8. The van der Waals surface area contributed by atoms with Crippen LogP contribution in [0.25, 0.3) is 77.2 Å². The third-order valence-corrected chi connectivity index (χ3v) is 10.8. The Balaban J connectivity index is 1.28. The standard InChI is InChI=1S/C45H26/c1-2-11-28-24-29(21-20-27(28)10-1)30-22-23-34-33-14-5-7-18-39(33)45(41(34)25-30)40-19-8-6-15-36(40)44-37-17-9-16-35-31-12-3-4-13-32(31)38(43(35)37)26-42(44)45/h1-26H. The first kappa shape index (κ1) is 23.7. The van der Waals surface area contributed by atoms with Gasteiger partial charge in [0.05, 0.1) is 5.41 Å². The molecule has 0 aromatic heterocycles. The first-order valence-electron chi connectivity index (χ1n) is 15.9. The van der Waals surface area contributed by atoms with Crippen molar-refractivity contribution in [1.82, 2.24) is 0 Å². The van der Waals surface area contributed by atoms with Gasteiger partial charge in [0.25, 0.3) is 0 Å². The lowest BCUT2D eigenvalue weighted by atomic mass is 9.69. The Bertz CT molecular complexity index is 2600. The van der Waals surface area contributed by atoms with Gasteiger partial charge in [0.2, 0.25) is 0 Å². The zero-order valence-electron chi connectivity index (χ0n) is 24.5. The van der Waals surface area contributed by atoms with Crippen molar-refractivity contribution >= 4 is 21.5 Å². The van der Waals surface area contributed by atoms with Gasteiger partial charge in [-0.1, -0.05) is 140 Å².